The van der Waals surface area contributed by atoms with Crippen LogP contribution in [0.1, 0.15) is 6.42 Å². The van der Waals surface area contributed by atoms with E-state index in [2.05, 4.69) is 0 Å². The molecular weight excluding hydrogens is 284 g/mol. The number of benzene rings is 1. The Bertz CT molecular complexity index is 638. The predicted molar refractivity (Wildman–Crippen MR) is 73.3 cm³/mol. The molecule has 0 unspecified atom stereocenters. The Morgan fingerprint density at radius 2 is 1.95 bits per heavy atom. The molecule has 20 heavy (non-hydrogen) atoms. The third-order valence-corrected chi connectivity index (χ3v) is 5.13. The zero-order chi connectivity index (χ0) is 14.9. The van der Waals surface area contributed by atoms with Gasteiger partial charge in [0.15, 0.2) is 9.84 Å². The number of nitro groups is 1. The van der Waals surface area contributed by atoms with E-state index in [-0.39, 0.29) is 23.1 Å². The summed E-state index contributed by atoms with van der Waals surface area (Å²) in [6.07, 6.45) is 0.332. The average molecular weight is 298 g/mol. The van der Waals surface area contributed by atoms with Gasteiger partial charge in [-0.25, -0.2) is 8.42 Å². The van der Waals surface area contributed by atoms with Crippen molar-refractivity contribution < 1.29 is 18.1 Å². The molecule has 0 radical (unpaired) electrons. The second-order valence-corrected chi connectivity index (χ2v) is 7.00. The van der Waals surface area contributed by atoms with E-state index in [0.717, 1.165) is 0 Å². The number of amides is 1. The lowest BCUT2D eigenvalue weighted by molar-refractivity contribution is -0.384. The summed E-state index contributed by atoms with van der Waals surface area (Å²) >= 11 is 0. The largest absolute Gasteiger partial charge is 0.315 e. The van der Waals surface area contributed by atoms with E-state index in [4.69, 9.17) is 0 Å². The number of hydrogen-bond donors (Lipinski definition) is 0. The summed E-state index contributed by atoms with van der Waals surface area (Å²) in [5.74, 6) is -0.888. The van der Waals surface area contributed by atoms with Gasteiger partial charge < -0.3 is 4.90 Å². The highest BCUT2D eigenvalue weighted by Crippen LogP contribution is 2.24. The molecule has 1 heterocycles. The molecule has 1 aliphatic rings. The Balaban J connectivity index is 2.13. The highest BCUT2D eigenvalue weighted by atomic mass is 32.2. The molecule has 2 rings (SSSR count). The number of nitrogens with zero attached hydrogens (tertiary/aromatic N) is 2. The van der Waals surface area contributed by atoms with Crippen LogP contribution in [0.15, 0.2) is 24.3 Å². The van der Waals surface area contributed by atoms with Gasteiger partial charge in [-0.05, 0) is 18.6 Å². The molecule has 1 aromatic rings. The van der Waals surface area contributed by atoms with Crippen molar-refractivity contribution in [3.8, 4) is 0 Å². The SMILES string of the molecule is CN(C(=O)[C@H]1CCS(=O)(=O)C1)c1ccc([N+](=O)[O-])cc1. The van der Waals surface area contributed by atoms with Crippen LogP contribution >= 0.6 is 0 Å². The number of carbonyl (C=O) groups excluding carboxylic acids is 1. The summed E-state index contributed by atoms with van der Waals surface area (Å²) in [6, 6.07) is 5.56. The molecule has 1 saturated heterocycles. The van der Waals surface area contributed by atoms with E-state index in [9.17, 15) is 23.3 Å². The molecular formula is C12H14N2O5S. The molecule has 1 fully saturated rings. The lowest BCUT2D eigenvalue weighted by Gasteiger charge is -2.20. The van der Waals surface area contributed by atoms with Crippen molar-refractivity contribution in [2.24, 2.45) is 5.92 Å². The van der Waals surface area contributed by atoms with Gasteiger partial charge in [-0.2, -0.15) is 0 Å². The molecule has 1 aromatic carbocycles. The third kappa shape index (κ3) is 2.96. The Hall–Kier alpha value is -1.96. The molecule has 0 aliphatic carbocycles. The molecule has 108 valence electrons. The van der Waals surface area contributed by atoms with Crippen molar-refractivity contribution in [3.05, 3.63) is 34.4 Å². The van der Waals surface area contributed by atoms with Gasteiger partial charge in [0.05, 0.1) is 22.3 Å². The van der Waals surface area contributed by atoms with E-state index in [1.165, 1.54) is 36.2 Å². The van der Waals surface area contributed by atoms with E-state index in [0.29, 0.717) is 12.1 Å². The van der Waals surface area contributed by atoms with Crippen LogP contribution in [-0.4, -0.2) is 37.8 Å². The minimum atomic E-state index is -3.11. The zero-order valence-corrected chi connectivity index (χ0v) is 11.7. The fraction of sp³-hybridized carbons (Fsp3) is 0.417. The van der Waals surface area contributed by atoms with Gasteiger partial charge in [0.1, 0.15) is 0 Å². The van der Waals surface area contributed by atoms with Crippen molar-refractivity contribution in [1.82, 2.24) is 0 Å². The molecule has 0 spiro atoms. The first-order valence-corrected chi connectivity index (χ1v) is 7.85. The summed E-state index contributed by atoms with van der Waals surface area (Å²) in [4.78, 5) is 23.6. The minimum absolute atomic E-state index is 0.0392. The van der Waals surface area contributed by atoms with E-state index in [1.807, 2.05) is 0 Å². The number of rotatable bonds is 3. The molecule has 0 bridgehead atoms. The normalized spacial score (nSPS) is 20.6. The standard InChI is InChI=1S/C12H14N2O5S/c1-13(10-2-4-11(5-3-10)14(16)17)12(15)9-6-7-20(18,19)8-9/h2-5,9H,6-8H2,1H3/t9-/m0/s1. The maximum atomic E-state index is 12.2. The summed E-state index contributed by atoms with van der Waals surface area (Å²) in [5.41, 5.74) is 0.447. The maximum Gasteiger partial charge on any atom is 0.269 e. The lowest BCUT2D eigenvalue weighted by Crippen LogP contribution is -2.33. The van der Waals surface area contributed by atoms with E-state index in [1.54, 1.807) is 0 Å². The highest BCUT2D eigenvalue weighted by molar-refractivity contribution is 7.91. The first-order chi connectivity index (χ1) is 9.30. The summed E-state index contributed by atoms with van der Waals surface area (Å²) in [7, 11) is -1.57. The van der Waals surface area contributed by atoms with Gasteiger partial charge in [-0.15, -0.1) is 0 Å². The second-order valence-electron chi connectivity index (χ2n) is 4.77. The minimum Gasteiger partial charge on any atom is -0.315 e. The molecule has 1 aliphatic heterocycles. The molecule has 1 amide bonds. The Kier molecular flexibility index (Phi) is 3.76. The molecule has 0 saturated carbocycles. The van der Waals surface area contributed by atoms with Gasteiger partial charge in [0.25, 0.3) is 5.69 Å². The molecule has 0 N–H and O–H groups in total. The van der Waals surface area contributed by atoms with Crippen molar-refractivity contribution in [2.75, 3.05) is 23.5 Å². The topological polar surface area (TPSA) is 97.6 Å². The number of anilines is 1. The number of sulfone groups is 1. The van der Waals surface area contributed by atoms with Crippen LogP contribution in [0.4, 0.5) is 11.4 Å². The second kappa shape index (κ2) is 5.20. The summed E-state index contributed by atoms with van der Waals surface area (Å²) in [5, 5.41) is 10.6. The van der Waals surface area contributed by atoms with Gasteiger partial charge in [0.2, 0.25) is 5.91 Å². The summed E-state index contributed by atoms with van der Waals surface area (Å²) < 4.78 is 22.8. The maximum absolute atomic E-state index is 12.2. The van der Waals surface area contributed by atoms with Crippen LogP contribution in [0, 0.1) is 16.0 Å². The van der Waals surface area contributed by atoms with Crippen LogP contribution < -0.4 is 4.90 Å². The number of carbonyl (C=O) groups is 1. The highest BCUT2D eigenvalue weighted by Gasteiger charge is 2.34. The quantitative estimate of drug-likeness (QED) is 0.612. The number of non-ortho nitro benzene ring substituents is 1. The first-order valence-electron chi connectivity index (χ1n) is 6.02. The van der Waals surface area contributed by atoms with Gasteiger partial charge in [0, 0.05) is 24.9 Å². The van der Waals surface area contributed by atoms with Crippen molar-refractivity contribution in [1.29, 1.82) is 0 Å². The predicted octanol–water partition coefficient (Wildman–Crippen LogP) is 0.992. The van der Waals surface area contributed by atoms with Gasteiger partial charge in [-0.3, -0.25) is 14.9 Å². The monoisotopic (exact) mass is 298 g/mol. The van der Waals surface area contributed by atoms with Crippen LogP contribution in [-0.2, 0) is 14.6 Å². The fourth-order valence-electron chi connectivity index (χ4n) is 2.19. The van der Waals surface area contributed by atoms with Crippen molar-refractivity contribution in [2.45, 2.75) is 6.42 Å². The zero-order valence-electron chi connectivity index (χ0n) is 10.9. The molecule has 0 aromatic heterocycles. The van der Waals surface area contributed by atoms with Crippen LogP contribution in [0.3, 0.4) is 0 Å². The van der Waals surface area contributed by atoms with E-state index < -0.39 is 20.7 Å². The Morgan fingerprint density at radius 1 is 1.35 bits per heavy atom. The van der Waals surface area contributed by atoms with Crippen molar-refractivity contribution >= 4 is 27.1 Å². The Morgan fingerprint density at radius 3 is 2.40 bits per heavy atom. The number of hydrogen-bond acceptors (Lipinski definition) is 5. The Labute approximate surface area is 116 Å². The van der Waals surface area contributed by atoms with E-state index >= 15 is 0 Å². The first kappa shape index (κ1) is 14.4. The lowest BCUT2D eigenvalue weighted by atomic mass is 10.1. The molecule has 8 heteroatoms. The number of nitro benzene ring substituents is 1. The molecule has 7 nitrogen and oxygen atoms in total. The van der Waals surface area contributed by atoms with Gasteiger partial charge in [-0.1, -0.05) is 0 Å². The fourth-order valence-corrected chi connectivity index (χ4v) is 3.92. The van der Waals surface area contributed by atoms with Crippen LogP contribution in [0.25, 0.3) is 0 Å². The van der Waals surface area contributed by atoms with Crippen molar-refractivity contribution in [3.63, 3.8) is 0 Å². The van der Waals surface area contributed by atoms with Gasteiger partial charge >= 0.3 is 0 Å². The van der Waals surface area contributed by atoms with Crippen LogP contribution in [0.2, 0.25) is 0 Å². The smallest absolute Gasteiger partial charge is 0.269 e. The van der Waals surface area contributed by atoms with Crippen LogP contribution in [0.5, 0.6) is 0 Å². The average Bonchev–Trinajstić information content (AvgIpc) is 2.77. The summed E-state index contributed by atoms with van der Waals surface area (Å²) in [6.45, 7) is 0. The third-order valence-electron chi connectivity index (χ3n) is 3.36. The molecule has 1 atom stereocenters.